The number of hydrogen-bond donors (Lipinski definition) is 1. The standard InChI is InChI=1S/C23H16ClF2N3O2S/c24-15-7-5-14(6-8-15)12-29-22(31)19-3-1-2-4-20(19)28-23(29)32-13-21(30)27-18-10-16(25)9-17(26)11-18/h1-11H,12-13H2,(H,27,30). The molecule has 4 rings (SSSR count). The quantitative estimate of drug-likeness (QED) is 0.313. The van der Waals surface area contributed by atoms with Crippen molar-refractivity contribution in [3.63, 3.8) is 0 Å². The molecule has 0 bridgehead atoms. The van der Waals surface area contributed by atoms with Gasteiger partial charge in [0.05, 0.1) is 23.2 Å². The topological polar surface area (TPSA) is 64.0 Å². The summed E-state index contributed by atoms with van der Waals surface area (Å²) < 4.78 is 28.2. The third-order valence-corrected chi connectivity index (χ3v) is 5.79. The van der Waals surface area contributed by atoms with Gasteiger partial charge in [-0.25, -0.2) is 13.8 Å². The van der Waals surface area contributed by atoms with Crippen LogP contribution in [0.15, 0.2) is 76.7 Å². The molecule has 162 valence electrons. The van der Waals surface area contributed by atoms with Crippen molar-refractivity contribution < 1.29 is 13.6 Å². The molecule has 0 aliphatic heterocycles. The molecule has 0 saturated carbocycles. The molecule has 0 aliphatic carbocycles. The Hall–Kier alpha value is -3.23. The van der Waals surface area contributed by atoms with Gasteiger partial charge in [-0.2, -0.15) is 0 Å². The van der Waals surface area contributed by atoms with Gasteiger partial charge >= 0.3 is 0 Å². The maximum absolute atomic E-state index is 13.4. The molecule has 4 aromatic rings. The molecule has 0 radical (unpaired) electrons. The van der Waals surface area contributed by atoms with Crippen LogP contribution < -0.4 is 10.9 Å². The van der Waals surface area contributed by atoms with Crippen LogP contribution in [0.5, 0.6) is 0 Å². The van der Waals surface area contributed by atoms with E-state index in [4.69, 9.17) is 11.6 Å². The summed E-state index contributed by atoms with van der Waals surface area (Å²) in [5.74, 6) is -2.17. The minimum atomic E-state index is -0.791. The number of amides is 1. The second kappa shape index (κ2) is 9.50. The van der Waals surface area contributed by atoms with E-state index in [1.54, 1.807) is 36.4 Å². The first-order chi connectivity index (χ1) is 15.4. The molecular weight excluding hydrogens is 456 g/mol. The predicted octanol–water partition coefficient (Wildman–Crippen LogP) is 5.11. The lowest BCUT2D eigenvalue weighted by atomic mass is 10.2. The lowest BCUT2D eigenvalue weighted by Gasteiger charge is -2.13. The number of aromatic nitrogens is 2. The van der Waals surface area contributed by atoms with Gasteiger partial charge in [0, 0.05) is 16.8 Å². The number of nitrogens with one attached hydrogen (secondary N) is 1. The Morgan fingerprint density at radius 3 is 2.44 bits per heavy atom. The molecule has 0 fully saturated rings. The molecule has 0 unspecified atom stereocenters. The Bertz CT molecular complexity index is 1340. The zero-order valence-electron chi connectivity index (χ0n) is 16.5. The summed E-state index contributed by atoms with van der Waals surface area (Å²) >= 11 is 7.01. The highest BCUT2D eigenvalue weighted by atomic mass is 35.5. The number of thioether (sulfide) groups is 1. The first-order valence-electron chi connectivity index (χ1n) is 9.52. The molecular formula is C23H16ClF2N3O2S. The normalized spacial score (nSPS) is 11.0. The minimum absolute atomic E-state index is 0.0122. The van der Waals surface area contributed by atoms with E-state index in [1.807, 2.05) is 12.1 Å². The van der Waals surface area contributed by atoms with E-state index in [-0.39, 0.29) is 23.5 Å². The number of para-hydroxylation sites is 1. The Morgan fingerprint density at radius 2 is 1.72 bits per heavy atom. The summed E-state index contributed by atoms with van der Waals surface area (Å²) in [6, 6.07) is 16.8. The molecule has 3 aromatic carbocycles. The van der Waals surface area contributed by atoms with Gasteiger partial charge in [0.15, 0.2) is 5.16 Å². The predicted molar refractivity (Wildman–Crippen MR) is 122 cm³/mol. The second-order valence-electron chi connectivity index (χ2n) is 6.92. The van der Waals surface area contributed by atoms with Gasteiger partial charge in [-0.1, -0.05) is 47.6 Å². The number of nitrogens with zero attached hydrogens (tertiary/aromatic N) is 2. The second-order valence-corrected chi connectivity index (χ2v) is 8.30. The number of carbonyl (C=O) groups is 1. The van der Waals surface area contributed by atoms with Crippen LogP contribution in [-0.2, 0) is 11.3 Å². The van der Waals surface area contributed by atoms with Crippen LogP contribution in [0.1, 0.15) is 5.56 Å². The maximum atomic E-state index is 13.4. The number of carbonyl (C=O) groups excluding carboxylic acids is 1. The number of benzene rings is 3. The largest absolute Gasteiger partial charge is 0.325 e. The van der Waals surface area contributed by atoms with E-state index < -0.39 is 17.5 Å². The van der Waals surface area contributed by atoms with Gasteiger partial charge in [-0.05, 0) is 42.0 Å². The van der Waals surface area contributed by atoms with Crippen molar-refractivity contribution in [1.82, 2.24) is 9.55 Å². The Kier molecular flexibility index (Phi) is 6.53. The SMILES string of the molecule is O=C(CSc1nc2ccccc2c(=O)n1Cc1ccc(Cl)cc1)Nc1cc(F)cc(F)c1. The summed E-state index contributed by atoms with van der Waals surface area (Å²) in [5, 5.41) is 3.85. The molecule has 1 aromatic heterocycles. The van der Waals surface area contributed by atoms with E-state index in [9.17, 15) is 18.4 Å². The Labute approximate surface area is 191 Å². The average molecular weight is 472 g/mol. The van der Waals surface area contributed by atoms with Gasteiger partial charge < -0.3 is 5.32 Å². The van der Waals surface area contributed by atoms with Crippen LogP contribution in [0.25, 0.3) is 10.9 Å². The number of halogens is 3. The van der Waals surface area contributed by atoms with Crippen molar-refractivity contribution >= 4 is 45.9 Å². The molecule has 1 N–H and O–H groups in total. The molecule has 0 saturated heterocycles. The first-order valence-corrected chi connectivity index (χ1v) is 10.9. The van der Waals surface area contributed by atoms with Gasteiger partial charge in [-0.3, -0.25) is 14.2 Å². The summed E-state index contributed by atoms with van der Waals surface area (Å²) in [6.45, 7) is 0.243. The maximum Gasteiger partial charge on any atom is 0.262 e. The van der Waals surface area contributed by atoms with Crippen molar-refractivity contribution in [2.75, 3.05) is 11.1 Å². The fraction of sp³-hybridized carbons (Fsp3) is 0.0870. The molecule has 1 amide bonds. The van der Waals surface area contributed by atoms with E-state index in [2.05, 4.69) is 10.3 Å². The van der Waals surface area contributed by atoms with Crippen LogP contribution in [-0.4, -0.2) is 21.2 Å². The fourth-order valence-corrected chi connectivity index (χ4v) is 4.05. The lowest BCUT2D eigenvalue weighted by Crippen LogP contribution is -2.25. The van der Waals surface area contributed by atoms with Gasteiger partial charge in [0.1, 0.15) is 11.6 Å². The highest BCUT2D eigenvalue weighted by Crippen LogP contribution is 2.21. The van der Waals surface area contributed by atoms with Crippen LogP contribution in [0.4, 0.5) is 14.5 Å². The fourth-order valence-electron chi connectivity index (χ4n) is 3.12. The molecule has 32 heavy (non-hydrogen) atoms. The Morgan fingerprint density at radius 1 is 1.03 bits per heavy atom. The van der Waals surface area contributed by atoms with E-state index >= 15 is 0 Å². The zero-order chi connectivity index (χ0) is 22.7. The summed E-state index contributed by atoms with van der Waals surface area (Å²) in [6.07, 6.45) is 0. The average Bonchev–Trinajstić information content (AvgIpc) is 2.75. The van der Waals surface area contributed by atoms with Crippen molar-refractivity contribution in [3.05, 3.63) is 99.3 Å². The Balaban J connectivity index is 1.60. The van der Waals surface area contributed by atoms with Crippen molar-refractivity contribution in [2.45, 2.75) is 11.7 Å². The molecule has 0 aliphatic rings. The number of hydrogen-bond acceptors (Lipinski definition) is 4. The van der Waals surface area contributed by atoms with Crippen molar-refractivity contribution in [2.24, 2.45) is 0 Å². The lowest BCUT2D eigenvalue weighted by molar-refractivity contribution is -0.113. The molecule has 0 spiro atoms. The highest BCUT2D eigenvalue weighted by molar-refractivity contribution is 7.99. The molecule has 0 atom stereocenters. The third kappa shape index (κ3) is 5.15. The van der Waals surface area contributed by atoms with Crippen LogP contribution in [0.2, 0.25) is 5.02 Å². The first kappa shape index (κ1) is 22.0. The summed E-state index contributed by atoms with van der Waals surface area (Å²) in [5.41, 5.74) is 1.13. The van der Waals surface area contributed by atoms with Crippen LogP contribution in [0, 0.1) is 11.6 Å². The number of fused-ring (bicyclic) bond motifs is 1. The van der Waals surface area contributed by atoms with Crippen LogP contribution in [0.3, 0.4) is 0 Å². The van der Waals surface area contributed by atoms with E-state index in [1.165, 1.54) is 4.57 Å². The highest BCUT2D eigenvalue weighted by Gasteiger charge is 2.14. The molecule has 1 heterocycles. The minimum Gasteiger partial charge on any atom is -0.325 e. The smallest absolute Gasteiger partial charge is 0.262 e. The van der Waals surface area contributed by atoms with E-state index in [0.717, 1.165) is 35.5 Å². The molecule has 5 nitrogen and oxygen atoms in total. The third-order valence-electron chi connectivity index (χ3n) is 4.56. The van der Waals surface area contributed by atoms with Gasteiger partial charge in [0.2, 0.25) is 5.91 Å². The van der Waals surface area contributed by atoms with Crippen molar-refractivity contribution in [1.29, 1.82) is 0 Å². The monoisotopic (exact) mass is 471 g/mol. The van der Waals surface area contributed by atoms with Crippen LogP contribution >= 0.6 is 23.4 Å². The van der Waals surface area contributed by atoms with E-state index in [0.29, 0.717) is 21.1 Å². The van der Waals surface area contributed by atoms with Crippen molar-refractivity contribution in [3.8, 4) is 0 Å². The van der Waals surface area contributed by atoms with Gasteiger partial charge in [-0.15, -0.1) is 0 Å². The molecule has 9 heteroatoms. The summed E-state index contributed by atoms with van der Waals surface area (Å²) in [4.78, 5) is 30.0. The summed E-state index contributed by atoms with van der Waals surface area (Å²) in [7, 11) is 0. The number of rotatable bonds is 6. The zero-order valence-corrected chi connectivity index (χ0v) is 18.1. The van der Waals surface area contributed by atoms with Gasteiger partial charge in [0.25, 0.3) is 5.56 Å². The number of anilines is 1.